The monoisotopic (exact) mass is 351 g/mol. The van der Waals surface area contributed by atoms with Crippen LogP contribution >= 0.6 is 15.9 Å². The lowest BCUT2D eigenvalue weighted by Crippen LogP contribution is -2.28. The fourth-order valence-electron chi connectivity index (χ4n) is 2.00. The van der Waals surface area contributed by atoms with Gasteiger partial charge < -0.3 is 14.4 Å². The highest BCUT2D eigenvalue weighted by Crippen LogP contribution is 2.23. The molecule has 0 unspecified atom stereocenters. The number of ether oxygens (including phenoxy) is 1. The van der Waals surface area contributed by atoms with Crippen molar-refractivity contribution in [2.45, 2.75) is 13.5 Å². The molecule has 0 aliphatic heterocycles. The van der Waals surface area contributed by atoms with E-state index < -0.39 is 11.5 Å². The molecule has 2 aromatic rings. The Kier molecular flexibility index (Phi) is 4.47. The van der Waals surface area contributed by atoms with Crippen LogP contribution in [0.2, 0.25) is 0 Å². The Bertz CT molecular complexity index is 752. The van der Waals surface area contributed by atoms with Crippen LogP contribution in [0, 0.1) is 6.92 Å². The largest absolute Gasteiger partial charge is 0.497 e. The molecule has 0 radical (unpaired) electrons. The number of aromatic carboxylic acids is 1. The second-order valence-electron chi connectivity index (χ2n) is 4.54. The molecule has 0 amide bonds. The minimum absolute atomic E-state index is 0.236. The summed E-state index contributed by atoms with van der Waals surface area (Å²) in [6.07, 6.45) is 0. The predicted molar refractivity (Wildman–Crippen MR) is 82.2 cm³/mol. The molecule has 1 heterocycles. The van der Waals surface area contributed by atoms with Crippen LogP contribution in [0.15, 0.2) is 39.6 Å². The molecule has 0 atom stereocenters. The molecule has 110 valence electrons. The van der Waals surface area contributed by atoms with Crippen LogP contribution in [0.5, 0.6) is 5.75 Å². The quantitative estimate of drug-likeness (QED) is 0.919. The van der Waals surface area contributed by atoms with Gasteiger partial charge in [-0.05, 0) is 42.8 Å². The summed E-state index contributed by atoms with van der Waals surface area (Å²) in [4.78, 5) is 23.3. The second-order valence-corrected chi connectivity index (χ2v) is 5.40. The van der Waals surface area contributed by atoms with Gasteiger partial charge in [0, 0.05) is 10.2 Å². The van der Waals surface area contributed by atoms with E-state index in [1.807, 2.05) is 12.1 Å². The van der Waals surface area contributed by atoms with Crippen LogP contribution in [-0.4, -0.2) is 22.8 Å². The average molecular weight is 352 g/mol. The summed E-state index contributed by atoms with van der Waals surface area (Å²) >= 11 is 3.43. The molecule has 5 nitrogen and oxygen atoms in total. The van der Waals surface area contributed by atoms with E-state index in [1.54, 1.807) is 26.2 Å². The Morgan fingerprint density at radius 2 is 2.05 bits per heavy atom. The molecule has 0 spiro atoms. The van der Waals surface area contributed by atoms with Gasteiger partial charge in [-0.25, -0.2) is 4.79 Å². The normalized spacial score (nSPS) is 10.4. The van der Waals surface area contributed by atoms with Crippen molar-refractivity contribution in [3.63, 3.8) is 0 Å². The number of hydrogen-bond acceptors (Lipinski definition) is 3. The van der Waals surface area contributed by atoms with Crippen LogP contribution in [0.1, 0.15) is 21.6 Å². The molecule has 0 bridgehead atoms. The van der Waals surface area contributed by atoms with Crippen molar-refractivity contribution >= 4 is 21.9 Å². The van der Waals surface area contributed by atoms with Crippen molar-refractivity contribution in [2.24, 2.45) is 0 Å². The smallest absolute Gasteiger partial charge is 0.341 e. The van der Waals surface area contributed by atoms with Crippen molar-refractivity contribution in [1.29, 1.82) is 0 Å². The van der Waals surface area contributed by atoms with Crippen LogP contribution < -0.4 is 10.3 Å². The van der Waals surface area contributed by atoms with Crippen molar-refractivity contribution in [3.05, 3.63) is 62.0 Å². The van der Waals surface area contributed by atoms with Gasteiger partial charge in [-0.2, -0.15) is 0 Å². The third kappa shape index (κ3) is 3.16. The number of aryl methyl sites for hydroxylation is 1. The Hall–Kier alpha value is -2.08. The molecule has 0 aliphatic carbocycles. The molecule has 0 fully saturated rings. The molecule has 21 heavy (non-hydrogen) atoms. The SMILES string of the molecule is COc1ccc(Br)c(Cn2c(C)ccc(C(=O)O)c2=O)c1. The van der Waals surface area contributed by atoms with E-state index in [4.69, 9.17) is 9.84 Å². The molecule has 1 aromatic carbocycles. The Labute approximate surface area is 129 Å². The summed E-state index contributed by atoms with van der Waals surface area (Å²) in [5.74, 6) is -0.549. The lowest BCUT2D eigenvalue weighted by atomic mass is 10.2. The summed E-state index contributed by atoms with van der Waals surface area (Å²) in [5, 5.41) is 9.04. The van der Waals surface area contributed by atoms with Crippen molar-refractivity contribution < 1.29 is 14.6 Å². The number of carbonyl (C=O) groups is 1. The highest BCUT2D eigenvalue weighted by atomic mass is 79.9. The number of rotatable bonds is 4. The van der Waals surface area contributed by atoms with E-state index in [9.17, 15) is 9.59 Å². The maximum atomic E-state index is 12.2. The summed E-state index contributed by atoms with van der Waals surface area (Å²) in [6, 6.07) is 8.39. The first-order valence-corrected chi connectivity index (χ1v) is 6.99. The number of nitrogens with zero attached hydrogens (tertiary/aromatic N) is 1. The lowest BCUT2D eigenvalue weighted by Gasteiger charge is -2.13. The first-order valence-electron chi connectivity index (χ1n) is 6.20. The maximum Gasteiger partial charge on any atom is 0.341 e. The maximum absolute atomic E-state index is 12.2. The molecular weight excluding hydrogens is 338 g/mol. The first-order chi connectivity index (χ1) is 9.93. The number of carboxylic acids is 1. The number of hydrogen-bond donors (Lipinski definition) is 1. The van der Waals surface area contributed by atoms with E-state index in [0.29, 0.717) is 11.4 Å². The van der Waals surface area contributed by atoms with Gasteiger partial charge >= 0.3 is 5.97 Å². The van der Waals surface area contributed by atoms with E-state index in [2.05, 4.69) is 15.9 Å². The number of aromatic nitrogens is 1. The standard InChI is InChI=1S/C15H14BrNO4/c1-9-3-5-12(15(19)20)14(18)17(9)8-10-7-11(21-2)4-6-13(10)16/h3-7H,8H2,1-2H3,(H,19,20). The van der Waals surface area contributed by atoms with Crippen LogP contribution in [0.3, 0.4) is 0 Å². The first kappa shape index (κ1) is 15.3. The van der Waals surface area contributed by atoms with E-state index in [-0.39, 0.29) is 12.1 Å². The molecule has 0 aliphatic rings. The topological polar surface area (TPSA) is 68.5 Å². The highest BCUT2D eigenvalue weighted by Gasteiger charge is 2.13. The molecule has 0 saturated carbocycles. The third-order valence-electron chi connectivity index (χ3n) is 3.20. The van der Waals surface area contributed by atoms with Crippen molar-refractivity contribution in [3.8, 4) is 5.75 Å². The summed E-state index contributed by atoms with van der Waals surface area (Å²) in [7, 11) is 1.56. The molecule has 1 aromatic heterocycles. The van der Waals surface area contributed by atoms with Crippen molar-refractivity contribution in [2.75, 3.05) is 7.11 Å². The Morgan fingerprint density at radius 1 is 1.33 bits per heavy atom. The minimum Gasteiger partial charge on any atom is -0.497 e. The van der Waals surface area contributed by atoms with E-state index >= 15 is 0 Å². The zero-order valence-electron chi connectivity index (χ0n) is 11.6. The number of halogens is 1. The number of methoxy groups -OCH3 is 1. The fourth-order valence-corrected chi connectivity index (χ4v) is 2.37. The van der Waals surface area contributed by atoms with Gasteiger partial charge in [0.2, 0.25) is 0 Å². The minimum atomic E-state index is -1.22. The average Bonchev–Trinajstić information content (AvgIpc) is 2.44. The van der Waals surface area contributed by atoms with Crippen molar-refractivity contribution in [1.82, 2.24) is 4.57 Å². The number of pyridine rings is 1. The van der Waals surface area contributed by atoms with Crippen LogP contribution in [0.4, 0.5) is 0 Å². The summed E-state index contributed by atoms with van der Waals surface area (Å²) in [5.41, 5.74) is 0.777. The number of carboxylic acid groups (broad SMARTS) is 1. The van der Waals surface area contributed by atoms with Gasteiger partial charge in [0.15, 0.2) is 0 Å². The van der Waals surface area contributed by atoms with Gasteiger partial charge in [-0.3, -0.25) is 4.79 Å². The third-order valence-corrected chi connectivity index (χ3v) is 3.98. The molecule has 2 rings (SSSR count). The number of benzene rings is 1. The van der Waals surface area contributed by atoms with Crippen LogP contribution in [-0.2, 0) is 6.54 Å². The molecule has 6 heteroatoms. The molecule has 1 N–H and O–H groups in total. The van der Waals surface area contributed by atoms with Gasteiger partial charge in [0.25, 0.3) is 5.56 Å². The Balaban J connectivity index is 2.51. The zero-order chi connectivity index (χ0) is 15.6. The van der Waals surface area contributed by atoms with Gasteiger partial charge in [0.1, 0.15) is 11.3 Å². The second kappa shape index (κ2) is 6.13. The van der Waals surface area contributed by atoms with Gasteiger partial charge in [0.05, 0.1) is 13.7 Å². The summed E-state index contributed by atoms with van der Waals surface area (Å²) in [6.45, 7) is 2.03. The predicted octanol–water partition coefficient (Wildman–Crippen LogP) is 2.67. The molecular formula is C15H14BrNO4. The lowest BCUT2D eigenvalue weighted by molar-refractivity contribution is 0.0694. The zero-order valence-corrected chi connectivity index (χ0v) is 13.2. The van der Waals surface area contributed by atoms with E-state index in [0.717, 1.165) is 10.0 Å². The highest BCUT2D eigenvalue weighted by molar-refractivity contribution is 9.10. The van der Waals surface area contributed by atoms with Gasteiger partial charge in [-0.1, -0.05) is 15.9 Å². The fraction of sp³-hybridized carbons (Fsp3) is 0.200. The van der Waals surface area contributed by atoms with E-state index in [1.165, 1.54) is 10.6 Å². The molecule has 0 saturated heterocycles. The Morgan fingerprint density at radius 3 is 2.67 bits per heavy atom. The van der Waals surface area contributed by atoms with Gasteiger partial charge in [-0.15, -0.1) is 0 Å². The summed E-state index contributed by atoms with van der Waals surface area (Å²) < 4.78 is 7.43. The van der Waals surface area contributed by atoms with Crippen LogP contribution in [0.25, 0.3) is 0 Å².